The molecule has 8 nitrogen and oxygen atoms in total. The molecule has 0 fully saturated rings. The number of hydrogen-bond donors (Lipinski definition) is 3. The number of aromatic hydroxyl groups is 1. The van der Waals surface area contributed by atoms with Crippen LogP contribution >= 0.6 is 0 Å². The average Bonchev–Trinajstić information content (AvgIpc) is 2.90. The Morgan fingerprint density at radius 1 is 0.902 bits per heavy atom. The zero-order chi connectivity index (χ0) is 30.4. The predicted molar refractivity (Wildman–Crippen MR) is 163 cm³/mol. The maximum atomic E-state index is 14.4. The Hall–Kier alpha value is -3.55. The standard InChI is InChI=1S/C33H49N3O5/c1-7-9-11-12-22-36(29(30(38)34-21-10-8-2)26-17-13-24(3)14-18-26)31(39)28(35-32(40)41-33(4,5)6)23-25-15-19-27(37)20-16-25/h13-20,28-29,37H,7-12,21-23H2,1-6H3,(H,34,38)(H,35,40). The van der Waals surface area contributed by atoms with Gasteiger partial charge in [-0.3, -0.25) is 9.59 Å². The number of alkyl carbamates (subject to hydrolysis) is 1. The number of benzene rings is 2. The number of phenolic OH excluding ortho intramolecular Hbond substituents is 1. The lowest BCUT2D eigenvalue weighted by atomic mass is 9.99. The Labute approximate surface area is 245 Å². The maximum Gasteiger partial charge on any atom is 0.408 e. The van der Waals surface area contributed by atoms with Crippen molar-refractivity contribution in [2.45, 2.75) is 104 Å². The summed E-state index contributed by atoms with van der Waals surface area (Å²) in [5.41, 5.74) is 1.77. The lowest BCUT2D eigenvalue weighted by molar-refractivity contribution is -0.142. The minimum Gasteiger partial charge on any atom is -0.508 e. The van der Waals surface area contributed by atoms with E-state index < -0.39 is 23.8 Å². The van der Waals surface area contributed by atoms with E-state index in [0.717, 1.165) is 49.7 Å². The second-order valence-corrected chi connectivity index (χ2v) is 11.6. The van der Waals surface area contributed by atoms with Crippen molar-refractivity contribution in [3.63, 3.8) is 0 Å². The number of ether oxygens (including phenoxy) is 1. The first kappa shape index (κ1) is 33.7. The average molecular weight is 568 g/mol. The highest BCUT2D eigenvalue weighted by atomic mass is 16.6. The predicted octanol–water partition coefficient (Wildman–Crippen LogP) is 6.20. The SMILES string of the molecule is CCCCCCN(C(=O)C(Cc1ccc(O)cc1)NC(=O)OC(C)(C)C)C(C(=O)NCCCC)c1ccc(C)cc1. The van der Waals surface area contributed by atoms with Crippen LogP contribution in [0.5, 0.6) is 5.75 Å². The molecule has 0 saturated heterocycles. The topological polar surface area (TPSA) is 108 Å². The molecule has 2 aromatic carbocycles. The maximum absolute atomic E-state index is 14.4. The molecule has 0 aliphatic rings. The van der Waals surface area contributed by atoms with Gasteiger partial charge in [0.2, 0.25) is 11.8 Å². The summed E-state index contributed by atoms with van der Waals surface area (Å²) in [5.74, 6) is -0.499. The lowest BCUT2D eigenvalue weighted by Crippen LogP contribution is -2.54. The van der Waals surface area contributed by atoms with Crippen molar-refractivity contribution in [1.82, 2.24) is 15.5 Å². The second-order valence-electron chi connectivity index (χ2n) is 11.6. The van der Waals surface area contributed by atoms with Crippen LogP contribution in [0.3, 0.4) is 0 Å². The van der Waals surface area contributed by atoms with Gasteiger partial charge in [0.25, 0.3) is 0 Å². The molecular formula is C33H49N3O5. The molecule has 0 aromatic heterocycles. The van der Waals surface area contributed by atoms with Crippen molar-refractivity contribution in [2.24, 2.45) is 0 Å². The van der Waals surface area contributed by atoms with Gasteiger partial charge in [0.15, 0.2) is 0 Å². The Balaban J connectivity index is 2.52. The summed E-state index contributed by atoms with van der Waals surface area (Å²) in [6.07, 6.45) is 4.93. The summed E-state index contributed by atoms with van der Waals surface area (Å²) < 4.78 is 5.50. The molecule has 0 aliphatic carbocycles. The Bertz CT molecular complexity index is 1090. The molecule has 8 heteroatoms. The van der Waals surface area contributed by atoms with Crippen LogP contribution in [-0.4, -0.2) is 52.6 Å². The van der Waals surface area contributed by atoms with Gasteiger partial charge in [-0.05, 0) is 63.8 Å². The molecule has 41 heavy (non-hydrogen) atoms. The summed E-state index contributed by atoms with van der Waals surface area (Å²) in [6, 6.07) is 12.3. The van der Waals surface area contributed by atoms with Crippen molar-refractivity contribution < 1.29 is 24.2 Å². The largest absolute Gasteiger partial charge is 0.508 e. The van der Waals surface area contributed by atoms with Gasteiger partial charge >= 0.3 is 6.09 Å². The van der Waals surface area contributed by atoms with Crippen LogP contribution in [0.15, 0.2) is 48.5 Å². The number of nitrogens with one attached hydrogen (secondary N) is 2. The van der Waals surface area contributed by atoms with Crippen LogP contribution in [0.1, 0.15) is 95.9 Å². The molecule has 0 heterocycles. The van der Waals surface area contributed by atoms with Gasteiger partial charge in [0.05, 0.1) is 0 Å². The highest BCUT2D eigenvalue weighted by molar-refractivity contribution is 5.92. The molecule has 0 spiro atoms. The number of rotatable bonds is 15. The number of unbranched alkanes of at least 4 members (excludes halogenated alkanes) is 4. The van der Waals surface area contributed by atoms with Crippen LogP contribution in [0.4, 0.5) is 4.79 Å². The van der Waals surface area contributed by atoms with Crippen LogP contribution in [-0.2, 0) is 20.7 Å². The summed E-state index contributed by atoms with van der Waals surface area (Å²) in [6.45, 7) is 12.3. The molecule has 3 N–H and O–H groups in total. The van der Waals surface area contributed by atoms with Gasteiger partial charge in [-0.25, -0.2) is 4.79 Å². The van der Waals surface area contributed by atoms with E-state index in [-0.39, 0.29) is 24.0 Å². The van der Waals surface area contributed by atoms with E-state index in [1.54, 1.807) is 49.9 Å². The van der Waals surface area contributed by atoms with E-state index in [1.165, 1.54) is 0 Å². The minimum atomic E-state index is -0.989. The monoisotopic (exact) mass is 567 g/mol. The third kappa shape index (κ3) is 11.8. The lowest BCUT2D eigenvalue weighted by Gasteiger charge is -2.35. The molecule has 2 aromatic rings. The number of nitrogens with zero attached hydrogens (tertiary/aromatic N) is 1. The first-order chi connectivity index (χ1) is 19.4. The molecule has 2 atom stereocenters. The van der Waals surface area contributed by atoms with Crippen molar-refractivity contribution in [1.29, 1.82) is 0 Å². The van der Waals surface area contributed by atoms with Crippen molar-refractivity contribution in [3.8, 4) is 5.75 Å². The van der Waals surface area contributed by atoms with Gasteiger partial charge in [0.1, 0.15) is 23.4 Å². The van der Waals surface area contributed by atoms with Gasteiger partial charge in [0, 0.05) is 19.5 Å². The van der Waals surface area contributed by atoms with E-state index in [0.29, 0.717) is 18.7 Å². The second kappa shape index (κ2) is 16.7. The molecule has 2 unspecified atom stereocenters. The van der Waals surface area contributed by atoms with E-state index in [1.807, 2.05) is 31.2 Å². The summed E-state index contributed by atoms with van der Waals surface area (Å²) in [4.78, 5) is 42.7. The molecule has 0 bridgehead atoms. The number of phenols is 1. The fourth-order valence-corrected chi connectivity index (χ4v) is 4.50. The van der Waals surface area contributed by atoms with E-state index in [4.69, 9.17) is 4.74 Å². The zero-order valence-corrected chi connectivity index (χ0v) is 25.7. The van der Waals surface area contributed by atoms with Crippen molar-refractivity contribution >= 4 is 17.9 Å². The first-order valence-electron chi connectivity index (χ1n) is 14.9. The van der Waals surface area contributed by atoms with Gasteiger partial charge in [-0.2, -0.15) is 0 Å². The molecule has 2 rings (SSSR count). The van der Waals surface area contributed by atoms with Crippen LogP contribution in [0.25, 0.3) is 0 Å². The third-order valence-corrected chi connectivity index (χ3v) is 6.68. The molecule has 3 amide bonds. The molecule has 0 radical (unpaired) electrons. The van der Waals surface area contributed by atoms with Gasteiger partial charge < -0.3 is 25.4 Å². The summed E-state index contributed by atoms with van der Waals surface area (Å²) >= 11 is 0. The van der Waals surface area contributed by atoms with Crippen molar-refractivity contribution in [2.75, 3.05) is 13.1 Å². The summed E-state index contributed by atoms with van der Waals surface area (Å²) in [7, 11) is 0. The van der Waals surface area contributed by atoms with Crippen LogP contribution in [0, 0.1) is 6.92 Å². The number of amides is 3. The number of hydrogen-bond acceptors (Lipinski definition) is 5. The Morgan fingerprint density at radius 3 is 2.12 bits per heavy atom. The Morgan fingerprint density at radius 2 is 1.54 bits per heavy atom. The van der Waals surface area contributed by atoms with E-state index in [2.05, 4.69) is 24.5 Å². The molecule has 226 valence electrons. The number of carbonyl (C=O) groups is 3. The number of carbonyl (C=O) groups excluding carboxylic acids is 3. The summed E-state index contributed by atoms with van der Waals surface area (Å²) in [5, 5.41) is 15.6. The minimum absolute atomic E-state index is 0.109. The molecule has 0 aliphatic heterocycles. The third-order valence-electron chi connectivity index (χ3n) is 6.68. The first-order valence-corrected chi connectivity index (χ1v) is 14.9. The number of aryl methyl sites for hydroxylation is 1. The normalized spacial score (nSPS) is 12.7. The quantitative estimate of drug-likeness (QED) is 0.222. The smallest absolute Gasteiger partial charge is 0.408 e. The zero-order valence-electron chi connectivity index (χ0n) is 25.7. The Kier molecular flexibility index (Phi) is 13.7. The highest BCUT2D eigenvalue weighted by Crippen LogP contribution is 2.25. The van der Waals surface area contributed by atoms with E-state index in [9.17, 15) is 19.5 Å². The highest BCUT2D eigenvalue weighted by Gasteiger charge is 2.36. The molecule has 0 saturated carbocycles. The fraction of sp³-hybridized carbons (Fsp3) is 0.545. The van der Waals surface area contributed by atoms with E-state index >= 15 is 0 Å². The van der Waals surface area contributed by atoms with Crippen LogP contribution in [0.2, 0.25) is 0 Å². The van der Waals surface area contributed by atoms with Gasteiger partial charge in [-0.1, -0.05) is 81.5 Å². The fourth-order valence-electron chi connectivity index (χ4n) is 4.50. The van der Waals surface area contributed by atoms with Crippen molar-refractivity contribution in [3.05, 3.63) is 65.2 Å². The van der Waals surface area contributed by atoms with Crippen LogP contribution < -0.4 is 10.6 Å². The van der Waals surface area contributed by atoms with Gasteiger partial charge in [-0.15, -0.1) is 0 Å². The molecular weight excluding hydrogens is 518 g/mol.